The van der Waals surface area contributed by atoms with Crippen LogP contribution in [-0.4, -0.2) is 36.5 Å². The summed E-state index contributed by atoms with van der Waals surface area (Å²) in [4.78, 5) is 4.97. The summed E-state index contributed by atoms with van der Waals surface area (Å²) in [5.41, 5.74) is 2.73. The van der Waals surface area contributed by atoms with E-state index in [1.54, 1.807) is 0 Å². The van der Waals surface area contributed by atoms with E-state index >= 15 is 0 Å². The zero-order valence-electron chi connectivity index (χ0n) is 13.2. The van der Waals surface area contributed by atoms with Crippen LogP contribution in [0.4, 0.5) is 0 Å². The van der Waals surface area contributed by atoms with Gasteiger partial charge in [-0.25, -0.2) is 0 Å². The number of piperazine rings is 1. The SMILES string of the molecule is CN1CCN(Cc2ccccc2)C[C@H]1c1ccc(Cl)cc1.Cl.Cl. The van der Waals surface area contributed by atoms with E-state index in [9.17, 15) is 0 Å². The van der Waals surface area contributed by atoms with Crippen molar-refractivity contribution in [2.45, 2.75) is 12.6 Å². The van der Waals surface area contributed by atoms with Gasteiger partial charge in [0.1, 0.15) is 0 Å². The van der Waals surface area contributed by atoms with Gasteiger partial charge in [0.2, 0.25) is 0 Å². The molecule has 0 aromatic heterocycles. The topological polar surface area (TPSA) is 6.48 Å². The third-order valence-electron chi connectivity index (χ3n) is 4.24. The highest BCUT2D eigenvalue weighted by molar-refractivity contribution is 6.30. The summed E-state index contributed by atoms with van der Waals surface area (Å²) in [5, 5.41) is 0.804. The predicted octanol–water partition coefficient (Wildman–Crippen LogP) is 4.67. The van der Waals surface area contributed by atoms with Gasteiger partial charge in [0.25, 0.3) is 0 Å². The zero-order chi connectivity index (χ0) is 14.7. The Labute approximate surface area is 156 Å². The van der Waals surface area contributed by atoms with E-state index in [1.807, 2.05) is 12.1 Å². The number of hydrogen-bond acceptors (Lipinski definition) is 2. The number of hydrogen-bond donors (Lipinski definition) is 0. The number of benzene rings is 2. The van der Waals surface area contributed by atoms with E-state index in [0.29, 0.717) is 6.04 Å². The molecule has 5 heteroatoms. The van der Waals surface area contributed by atoms with Crippen molar-refractivity contribution in [2.24, 2.45) is 0 Å². The molecule has 2 aromatic rings. The molecule has 126 valence electrons. The average Bonchev–Trinajstić information content (AvgIpc) is 2.51. The van der Waals surface area contributed by atoms with Gasteiger partial charge in [-0.05, 0) is 30.3 Å². The third kappa shape index (κ3) is 5.37. The summed E-state index contributed by atoms with van der Waals surface area (Å²) in [6.45, 7) is 4.31. The lowest BCUT2D eigenvalue weighted by molar-refractivity contribution is 0.0905. The summed E-state index contributed by atoms with van der Waals surface area (Å²) in [7, 11) is 2.21. The van der Waals surface area contributed by atoms with Gasteiger partial charge in [-0.1, -0.05) is 54.1 Å². The molecule has 0 radical (unpaired) electrons. The van der Waals surface area contributed by atoms with Gasteiger partial charge in [0.05, 0.1) is 0 Å². The fraction of sp³-hybridized carbons (Fsp3) is 0.333. The van der Waals surface area contributed by atoms with Crippen molar-refractivity contribution in [3.05, 3.63) is 70.7 Å². The Morgan fingerprint density at radius 1 is 0.957 bits per heavy atom. The Bertz CT molecular complexity index is 575. The Morgan fingerprint density at radius 2 is 1.61 bits per heavy atom. The van der Waals surface area contributed by atoms with Crippen LogP contribution < -0.4 is 0 Å². The molecule has 1 aliphatic heterocycles. The van der Waals surface area contributed by atoms with E-state index in [1.165, 1.54) is 11.1 Å². The minimum atomic E-state index is 0. The second kappa shape index (κ2) is 9.51. The molecule has 1 fully saturated rings. The van der Waals surface area contributed by atoms with Crippen LogP contribution in [0.1, 0.15) is 17.2 Å². The summed E-state index contributed by atoms with van der Waals surface area (Å²) < 4.78 is 0. The molecular weight excluding hydrogens is 351 g/mol. The second-order valence-electron chi connectivity index (χ2n) is 5.77. The van der Waals surface area contributed by atoms with Crippen LogP contribution in [0.2, 0.25) is 5.02 Å². The Morgan fingerprint density at radius 3 is 2.26 bits per heavy atom. The first-order chi connectivity index (χ1) is 10.2. The Kier molecular flexibility index (Phi) is 8.38. The number of halogens is 3. The fourth-order valence-corrected chi connectivity index (χ4v) is 3.09. The second-order valence-corrected chi connectivity index (χ2v) is 6.21. The monoisotopic (exact) mass is 372 g/mol. The summed E-state index contributed by atoms with van der Waals surface area (Å²) in [6.07, 6.45) is 0. The first-order valence-electron chi connectivity index (χ1n) is 7.44. The molecule has 1 atom stereocenters. The minimum Gasteiger partial charge on any atom is -0.297 e. The van der Waals surface area contributed by atoms with Crippen LogP contribution in [0.15, 0.2) is 54.6 Å². The summed E-state index contributed by atoms with van der Waals surface area (Å²) in [5.74, 6) is 0. The van der Waals surface area contributed by atoms with Crippen LogP contribution >= 0.6 is 36.4 Å². The first kappa shape index (κ1) is 20.3. The number of rotatable bonds is 3. The molecule has 1 aliphatic rings. The van der Waals surface area contributed by atoms with Crippen molar-refractivity contribution in [1.82, 2.24) is 9.80 Å². The van der Waals surface area contributed by atoms with Gasteiger partial charge in [0, 0.05) is 37.2 Å². The Hall–Kier alpha value is -0.770. The molecule has 0 aliphatic carbocycles. The predicted molar refractivity (Wildman–Crippen MR) is 103 cm³/mol. The number of nitrogens with zero attached hydrogens (tertiary/aromatic N) is 2. The van der Waals surface area contributed by atoms with Gasteiger partial charge >= 0.3 is 0 Å². The van der Waals surface area contributed by atoms with Gasteiger partial charge in [-0.15, -0.1) is 24.8 Å². The van der Waals surface area contributed by atoms with Crippen LogP contribution in [0, 0.1) is 0 Å². The van der Waals surface area contributed by atoms with Crippen molar-refractivity contribution in [3.63, 3.8) is 0 Å². The van der Waals surface area contributed by atoms with Gasteiger partial charge < -0.3 is 0 Å². The third-order valence-corrected chi connectivity index (χ3v) is 4.49. The van der Waals surface area contributed by atoms with Crippen molar-refractivity contribution in [1.29, 1.82) is 0 Å². The lowest BCUT2D eigenvalue weighted by atomic mass is 10.0. The molecule has 0 bridgehead atoms. The van der Waals surface area contributed by atoms with Crippen molar-refractivity contribution < 1.29 is 0 Å². The number of likely N-dealkylation sites (N-methyl/N-ethyl adjacent to an activating group) is 1. The Balaban J connectivity index is 0.00000132. The minimum absolute atomic E-state index is 0. The van der Waals surface area contributed by atoms with Crippen LogP contribution in [0.3, 0.4) is 0 Å². The fourth-order valence-electron chi connectivity index (χ4n) is 2.96. The van der Waals surface area contributed by atoms with Crippen LogP contribution in [-0.2, 0) is 6.54 Å². The molecule has 23 heavy (non-hydrogen) atoms. The molecule has 1 heterocycles. The molecule has 0 N–H and O–H groups in total. The van der Waals surface area contributed by atoms with E-state index < -0.39 is 0 Å². The highest BCUT2D eigenvalue weighted by atomic mass is 35.5. The maximum atomic E-state index is 6.00. The standard InChI is InChI=1S/C18H21ClN2.2ClH/c1-20-11-12-21(13-15-5-3-2-4-6-15)14-18(20)16-7-9-17(19)10-8-16;;/h2-10,18H,11-14H2,1H3;2*1H/t18-;;/m0../s1. The lowest BCUT2D eigenvalue weighted by Crippen LogP contribution is -2.46. The van der Waals surface area contributed by atoms with Crippen LogP contribution in [0.25, 0.3) is 0 Å². The zero-order valence-corrected chi connectivity index (χ0v) is 15.6. The van der Waals surface area contributed by atoms with E-state index in [0.717, 1.165) is 31.2 Å². The molecule has 0 unspecified atom stereocenters. The highest BCUT2D eigenvalue weighted by Crippen LogP contribution is 2.26. The van der Waals surface area contributed by atoms with Crippen LogP contribution in [0.5, 0.6) is 0 Å². The molecule has 3 rings (SSSR count). The van der Waals surface area contributed by atoms with Crippen molar-refractivity contribution in [2.75, 3.05) is 26.7 Å². The van der Waals surface area contributed by atoms with Gasteiger partial charge in [-0.2, -0.15) is 0 Å². The molecule has 2 nitrogen and oxygen atoms in total. The maximum absolute atomic E-state index is 6.00. The van der Waals surface area contributed by atoms with E-state index in [4.69, 9.17) is 11.6 Å². The highest BCUT2D eigenvalue weighted by Gasteiger charge is 2.25. The smallest absolute Gasteiger partial charge is 0.0472 e. The van der Waals surface area contributed by atoms with E-state index in [2.05, 4.69) is 59.3 Å². The maximum Gasteiger partial charge on any atom is 0.0472 e. The summed E-state index contributed by atoms with van der Waals surface area (Å²) in [6, 6.07) is 19.4. The molecule has 0 saturated carbocycles. The molecule has 1 saturated heterocycles. The van der Waals surface area contributed by atoms with Crippen molar-refractivity contribution >= 4 is 36.4 Å². The largest absolute Gasteiger partial charge is 0.297 e. The average molecular weight is 374 g/mol. The lowest BCUT2D eigenvalue weighted by Gasteiger charge is -2.39. The quantitative estimate of drug-likeness (QED) is 0.771. The molecular formula is C18H23Cl3N2. The van der Waals surface area contributed by atoms with Crippen molar-refractivity contribution in [3.8, 4) is 0 Å². The van der Waals surface area contributed by atoms with Gasteiger partial charge in [-0.3, -0.25) is 9.80 Å². The molecule has 0 amide bonds. The normalized spacial score (nSPS) is 18.8. The first-order valence-corrected chi connectivity index (χ1v) is 7.82. The van der Waals surface area contributed by atoms with Gasteiger partial charge in [0.15, 0.2) is 0 Å². The molecule has 0 spiro atoms. The summed E-state index contributed by atoms with van der Waals surface area (Å²) >= 11 is 6.00. The molecule has 2 aromatic carbocycles. The van der Waals surface area contributed by atoms with E-state index in [-0.39, 0.29) is 24.8 Å².